The number of esters is 1. The van der Waals surface area contributed by atoms with Gasteiger partial charge in [0.05, 0.1) is 0 Å². The Labute approximate surface area is 191 Å². The SMILES string of the molecule is CCCCCCCCCCCCC(O)C(=O)OC(CCCCCCCCCC)C(=O)O. The number of carboxylic acids is 1. The van der Waals surface area contributed by atoms with Crippen LogP contribution in [-0.4, -0.2) is 34.4 Å². The zero-order valence-electron chi connectivity index (χ0n) is 20.4. The van der Waals surface area contributed by atoms with Gasteiger partial charge in [-0.25, -0.2) is 9.59 Å². The van der Waals surface area contributed by atoms with Gasteiger partial charge in [-0.3, -0.25) is 0 Å². The Morgan fingerprint density at radius 3 is 1.35 bits per heavy atom. The lowest BCUT2D eigenvalue weighted by molar-refractivity contribution is -0.170. The zero-order valence-corrected chi connectivity index (χ0v) is 20.4. The molecule has 0 aromatic heterocycles. The van der Waals surface area contributed by atoms with Gasteiger partial charge in [-0.2, -0.15) is 0 Å². The molecule has 2 unspecified atom stereocenters. The van der Waals surface area contributed by atoms with Crippen LogP contribution in [0.3, 0.4) is 0 Å². The molecule has 0 amide bonds. The molecule has 5 nitrogen and oxygen atoms in total. The summed E-state index contributed by atoms with van der Waals surface area (Å²) in [5, 5.41) is 19.3. The summed E-state index contributed by atoms with van der Waals surface area (Å²) in [6.45, 7) is 4.42. The van der Waals surface area contributed by atoms with Crippen molar-refractivity contribution in [2.45, 2.75) is 154 Å². The molecule has 0 rings (SSSR count). The fraction of sp³-hybridized carbons (Fsp3) is 0.923. The number of hydrogen-bond donors (Lipinski definition) is 2. The van der Waals surface area contributed by atoms with Gasteiger partial charge in [0.2, 0.25) is 0 Å². The average molecular weight is 443 g/mol. The van der Waals surface area contributed by atoms with Crippen LogP contribution < -0.4 is 0 Å². The van der Waals surface area contributed by atoms with Gasteiger partial charge in [0.15, 0.2) is 12.2 Å². The van der Waals surface area contributed by atoms with Crippen LogP contribution in [0.25, 0.3) is 0 Å². The van der Waals surface area contributed by atoms with Crippen molar-refractivity contribution in [2.24, 2.45) is 0 Å². The van der Waals surface area contributed by atoms with E-state index in [-0.39, 0.29) is 0 Å². The van der Waals surface area contributed by atoms with Crippen molar-refractivity contribution in [1.82, 2.24) is 0 Å². The molecule has 0 aliphatic rings. The van der Waals surface area contributed by atoms with Crippen molar-refractivity contribution < 1.29 is 24.5 Å². The maximum absolute atomic E-state index is 12.0. The Bertz CT molecular complexity index is 424. The van der Waals surface area contributed by atoms with Crippen LogP contribution in [-0.2, 0) is 14.3 Å². The van der Waals surface area contributed by atoms with Crippen LogP contribution in [0.5, 0.6) is 0 Å². The molecule has 0 aromatic rings. The minimum absolute atomic E-state index is 0.320. The van der Waals surface area contributed by atoms with Gasteiger partial charge in [-0.15, -0.1) is 0 Å². The lowest BCUT2D eigenvalue weighted by Gasteiger charge is -2.16. The van der Waals surface area contributed by atoms with E-state index in [1.165, 1.54) is 77.0 Å². The van der Waals surface area contributed by atoms with Gasteiger partial charge in [-0.05, 0) is 19.3 Å². The summed E-state index contributed by atoms with van der Waals surface area (Å²) in [7, 11) is 0. The van der Waals surface area contributed by atoms with Crippen LogP contribution in [0, 0.1) is 0 Å². The van der Waals surface area contributed by atoms with E-state index in [0.29, 0.717) is 12.8 Å². The highest BCUT2D eigenvalue weighted by Crippen LogP contribution is 2.15. The summed E-state index contributed by atoms with van der Waals surface area (Å²) < 4.78 is 5.09. The van der Waals surface area contributed by atoms with E-state index in [1.807, 2.05) is 0 Å². The Morgan fingerprint density at radius 1 is 0.613 bits per heavy atom. The van der Waals surface area contributed by atoms with Gasteiger partial charge >= 0.3 is 11.9 Å². The van der Waals surface area contributed by atoms with Crippen molar-refractivity contribution >= 4 is 11.9 Å². The molecule has 0 aromatic carbocycles. The van der Waals surface area contributed by atoms with Crippen LogP contribution in [0.15, 0.2) is 0 Å². The first kappa shape index (κ1) is 29.9. The fourth-order valence-electron chi connectivity index (χ4n) is 3.86. The quantitative estimate of drug-likeness (QED) is 0.129. The number of unbranched alkanes of at least 4 members (excludes halogenated alkanes) is 16. The summed E-state index contributed by atoms with van der Waals surface area (Å²) in [6.07, 6.45) is 19.1. The molecule has 0 saturated heterocycles. The number of aliphatic carboxylic acids is 1. The number of carbonyl (C=O) groups excluding carboxylic acids is 1. The minimum atomic E-state index is -1.21. The summed E-state index contributed by atoms with van der Waals surface area (Å²) in [5.41, 5.74) is 0. The second-order valence-corrected chi connectivity index (χ2v) is 9.01. The minimum Gasteiger partial charge on any atom is -0.479 e. The van der Waals surface area contributed by atoms with Crippen molar-refractivity contribution in [2.75, 3.05) is 0 Å². The Balaban J connectivity index is 3.80. The highest BCUT2D eigenvalue weighted by molar-refractivity contribution is 5.80. The van der Waals surface area contributed by atoms with E-state index in [1.54, 1.807) is 0 Å². The van der Waals surface area contributed by atoms with Crippen molar-refractivity contribution in [3.05, 3.63) is 0 Å². The molecular weight excluding hydrogens is 392 g/mol. The largest absolute Gasteiger partial charge is 0.479 e. The lowest BCUT2D eigenvalue weighted by atomic mass is 10.0. The third-order valence-corrected chi connectivity index (χ3v) is 5.96. The standard InChI is InChI=1S/C26H50O5/c1-3-5-7-9-11-13-14-15-17-19-21-23(27)26(30)31-24(25(28)29)22-20-18-16-12-10-8-6-4-2/h23-24,27H,3-22H2,1-2H3,(H,28,29). The van der Waals surface area contributed by atoms with Crippen molar-refractivity contribution in [3.63, 3.8) is 0 Å². The van der Waals surface area contributed by atoms with Gasteiger partial charge in [0, 0.05) is 0 Å². The molecule has 0 bridgehead atoms. The number of aliphatic hydroxyl groups is 1. The maximum Gasteiger partial charge on any atom is 0.345 e. The number of rotatable bonds is 23. The van der Waals surface area contributed by atoms with Gasteiger partial charge in [0.1, 0.15) is 0 Å². The molecule has 0 aliphatic carbocycles. The van der Waals surface area contributed by atoms with Gasteiger partial charge < -0.3 is 14.9 Å². The monoisotopic (exact) mass is 442 g/mol. The highest BCUT2D eigenvalue weighted by atomic mass is 16.6. The number of ether oxygens (including phenoxy) is 1. The predicted molar refractivity (Wildman–Crippen MR) is 127 cm³/mol. The van der Waals surface area contributed by atoms with Crippen LogP contribution in [0.2, 0.25) is 0 Å². The Morgan fingerprint density at radius 2 is 0.968 bits per heavy atom. The molecule has 2 N–H and O–H groups in total. The maximum atomic E-state index is 12.0. The zero-order chi connectivity index (χ0) is 23.2. The van der Waals surface area contributed by atoms with E-state index in [0.717, 1.165) is 38.5 Å². The Hall–Kier alpha value is -1.10. The second kappa shape index (κ2) is 22.1. The van der Waals surface area contributed by atoms with Crippen LogP contribution in [0.1, 0.15) is 142 Å². The molecule has 0 aliphatic heterocycles. The summed E-state index contributed by atoms with van der Waals surface area (Å²) in [4.78, 5) is 23.4. The highest BCUT2D eigenvalue weighted by Gasteiger charge is 2.25. The third kappa shape index (κ3) is 19.3. The normalized spacial score (nSPS) is 13.1. The van der Waals surface area contributed by atoms with Crippen molar-refractivity contribution in [3.8, 4) is 0 Å². The predicted octanol–water partition coefficient (Wildman–Crippen LogP) is 7.19. The Kier molecular flexibility index (Phi) is 21.3. The molecule has 31 heavy (non-hydrogen) atoms. The summed E-state index contributed by atoms with van der Waals surface area (Å²) in [6, 6.07) is 0. The molecule has 0 radical (unpaired) electrons. The van der Waals surface area contributed by atoms with Crippen molar-refractivity contribution in [1.29, 1.82) is 0 Å². The average Bonchev–Trinajstić information content (AvgIpc) is 2.75. The summed E-state index contributed by atoms with van der Waals surface area (Å²) >= 11 is 0. The smallest absolute Gasteiger partial charge is 0.345 e. The molecular formula is C26H50O5. The molecule has 184 valence electrons. The first-order valence-corrected chi connectivity index (χ1v) is 13.1. The van der Waals surface area contributed by atoms with E-state index in [2.05, 4.69) is 13.8 Å². The number of carbonyl (C=O) groups is 2. The first-order chi connectivity index (χ1) is 15.0. The lowest BCUT2D eigenvalue weighted by Crippen LogP contribution is -2.32. The fourth-order valence-corrected chi connectivity index (χ4v) is 3.86. The van der Waals surface area contributed by atoms with E-state index < -0.39 is 24.1 Å². The number of carboxylic acid groups (broad SMARTS) is 1. The second-order valence-electron chi connectivity index (χ2n) is 9.01. The van der Waals surface area contributed by atoms with E-state index in [9.17, 15) is 19.8 Å². The van der Waals surface area contributed by atoms with Crippen LogP contribution >= 0.6 is 0 Å². The molecule has 5 heteroatoms. The molecule has 0 saturated carbocycles. The summed E-state index contributed by atoms with van der Waals surface area (Å²) in [5.74, 6) is -1.91. The first-order valence-electron chi connectivity index (χ1n) is 13.1. The molecule has 0 fully saturated rings. The van der Waals surface area contributed by atoms with E-state index >= 15 is 0 Å². The number of hydrogen-bond acceptors (Lipinski definition) is 4. The van der Waals surface area contributed by atoms with Gasteiger partial charge in [-0.1, -0.05) is 123 Å². The topological polar surface area (TPSA) is 83.8 Å². The van der Waals surface area contributed by atoms with E-state index in [4.69, 9.17) is 4.74 Å². The number of aliphatic hydroxyl groups excluding tert-OH is 1. The molecule has 0 spiro atoms. The molecule has 0 heterocycles. The molecule has 2 atom stereocenters. The van der Waals surface area contributed by atoms with Gasteiger partial charge in [0.25, 0.3) is 0 Å². The third-order valence-electron chi connectivity index (χ3n) is 5.96. The van der Waals surface area contributed by atoms with Crippen LogP contribution in [0.4, 0.5) is 0 Å².